The second kappa shape index (κ2) is 9.10. The van der Waals surface area contributed by atoms with Crippen LogP contribution in [0.5, 0.6) is 5.75 Å². The monoisotopic (exact) mass is 404 g/mol. The summed E-state index contributed by atoms with van der Waals surface area (Å²) in [6.45, 7) is 7.46. The van der Waals surface area contributed by atoms with Gasteiger partial charge in [0.15, 0.2) is 0 Å². The van der Waals surface area contributed by atoms with Gasteiger partial charge in [-0.3, -0.25) is 9.10 Å². The Morgan fingerprint density at radius 2 is 1.61 bits per heavy atom. The molecule has 0 radical (unpaired) electrons. The van der Waals surface area contributed by atoms with Gasteiger partial charge in [0.1, 0.15) is 11.8 Å². The van der Waals surface area contributed by atoms with Crippen molar-refractivity contribution >= 4 is 27.3 Å². The van der Waals surface area contributed by atoms with Gasteiger partial charge < -0.3 is 10.1 Å². The number of rotatable bonds is 8. The number of ether oxygens (including phenoxy) is 1. The van der Waals surface area contributed by atoms with Gasteiger partial charge in [-0.2, -0.15) is 0 Å². The standard InChI is InChI=1S/C21H28N2O4S/c1-6-17-7-11-19(12-8-17)23(28(5,25)26)16(4)21(24)22-18-9-13-20(14-10-18)27-15(2)3/h7-16H,6H2,1-5H3,(H,22,24). The molecule has 0 aliphatic rings. The molecule has 0 saturated heterocycles. The minimum absolute atomic E-state index is 0.0582. The third-order valence-corrected chi connectivity index (χ3v) is 5.42. The maximum absolute atomic E-state index is 12.7. The molecule has 1 unspecified atom stereocenters. The topological polar surface area (TPSA) is 75.7 Å². The Labute approximate surface area is 167 Å². The van der Waals surface area contributed by atoms with Gasteiger partial charge in [-0.25, -0.2) is 8.42 Å². The highest BCUT2D eigenvalue weighted by molar-refractivity contribution is 7.92. The first kappa shape index (κ1) is 21.8. The highest BCUT2D eigenvalue weighted by atomic mass is 32.2. The highest BCUT2D eigenvalue weighted by Gasteiger charge is 2.29. The van der Waals surface area contributed by atoms with E-state index in [0.29, 0.717) is 17.1 Å². The number of hydrogen-bond donors (Lipinski definition) is 1. The third kappa shape index (κ3) is 5.73. The second-order valence-corrected chi connectivity index (χ2v) is 8.79. The van der Waals surface area contributed by atoms with Crippen LogP contribution in [-0.4, -0.2) is 32.7 Å². The summed E-state index contributed by atoms with van der Waals surface area (Å²) in [6, 6.07) is 13.2. The number of aryl methyl sites for hydroxylation is 1. The minimum atomic E-state index is -3.64. The molecule has 152 valence electrons. The van der Waals surface area contributed by atoms with Crippen molar-refractivity contribution in [2.75, 3.05) is 15.9 Å². The molecule has 2 aromatic carbocycles. The van der Waals surface area contributed by atoms with E-state index in [1.54, 1.807) is 43.3 Å². The number of hydrogen-bond acceptors (Lipinski definition) is 4. The molecule has 0 aromatic heterocycles. The van der Waals surface area contributed by atoms with E-state index in [-0.39, 0.29) is 6.10 Å². The zero-order valence-electron chi connectivity index (χ0n) is 17.0. The molecule has 6 nitrogen and oxygen atoms in total. The van der Waals surface area contributed by atoms with Crippen molar-refractivity contribution in [3.63, 3.8) is 0 Å². The smallest absolute Gasteiger partial charge is 0.247 e. The molecule has 2 aromatic rings. The van der Waals surface area contributed by atoms with Crippen molar-refractivity contribution in [2.24, 2.45) is 0 Å². The fourth-order valence-corrected chi connectivity index (χ4v) is 4.00. The van der Waals surface area contributed by atoms with Gasteiger partial charge in [0.05, 0.1) is 18.0 Å². The van der Waals surface area contributed by atoms with E-state index in [0.717, 1.165) is 22.5 Å². The lowest BCUT2D eigenvalue weighted by atomic mass is 10.1. The average Bonchev–Trinajstić information content (AvgIpc) is 2.62. The summed E-state index contributed by atoms with van der Waals surface area (Å²) in [6.07, 6.45) is 2.01. The van der Waals surface area contributed by atoms with Gasteiger partial charge in [0.2, 0.25) is 15.9 Å². The first-order chi connectivity index (χ1) is 13.1. The summed E-state index contributed by atoms with van der Waals surface area (Å²) in [7, 11) is -3.64. The Kier molecular flexibility index (Phi) is 7.07. The fourth-order valence-electron chi connectivity index (χ4n) is 2.82. The van der Waals surface area contributed by atoms with Crippen LogP contribution in [0.15, 0.2) is 48.5 Å². The maximum atomic E-state index is 12.7. The van der Waals surface area contributed by atoms with E-state index < -0.39 is 22.0 Å². The first-order valence-electron chi connectivity index (χ1n) is 9.27. The van der Waals surface area contributed by atoms with Gasteiger partial charge in [-0.05, 0) is 69.2 Å². The number of nitrogens with zero attached hydrogens (tertiary/aromatic N) is 1. The Bertz CT molecular complexity index is 891. The summed E-state index contributed by atoms with van der Waals surface area (Å²) in [5.74, 6) is 0.289. The lowest BCUT2D eigenvalue weighted by molar-refractivity contribution is -0.116. The summed E-state index contributed by atoms with van der Waals surface area (Å²) in [5, 5.41) is 2.77. The predicted molar refractivity (Wildman–Crippen MR) is 113 cm³/mol. The molecule has 1 amide bonds. The number of carbonyl (C=O) groups excluding carboxylic acids is 1. The molecule has 0 bridgehead atoms. The molecule has 0 heterocycles. The number of amides is 1. The SMILES string of the molecule is CCc1ccc(N(C(C)C(=O)Nc2ccc(OC(C)C)cc2)S(C)(=O)=O)cc1. The second-order valence-electron chi connectivity index (χ2n) is 6.94. The molecule has 1 N–H and O–H groups in total. The first-order valence-corrected chi connectivity index (χ1v) is 11.1. The summed E-state index contributed by atoms with van der Waals surface area (Å²) < 4.78 is 31.4. The molecule has 0 spiro atoms. The summed E-state index contributed by atoms with van der Waals surface area (Å²) in [5.41, 5.74) is 2.13. The van der Waals surface area contributed by atoms with Crippen molar-refractivity contribution in [3.8, 4) is 5.75 Å². The molecule has 0 aliphatic heterocycles. The zero-order valence-corrected chi connectivity index (χ0v) is 17.8. The largest absolute Gasteiger partial charge is 0.491 e. The zero-order chi connectivity index (χ0) is 20.9. The number of benzene rings is 2. The Morgan fingerprint density at radius 3 is 2.07 bits per heavy atom. The number of nitrogens with one attached hydrogen (secondary N) is 1. The van der Waals surface area contributed by atoms with E-state index in [1.807, 2.05) is 32.9 Å². The molecular formula is C21H28N2O4S. The van der Waals surface area contributed by atoms with Crippen molar-refractivity contribution in [1.82, 2.24) is 0 Å². The average molecular weight is 405 g/mol. The van der Waals surface area contributed by atoms with Crippen molar-refractivity contribution in [1.29, 1.82) is 0 Å². The quantitative estimate of drug-likeness (QED) is 0.725. The van der Waals surface area contributed by atoms with Crippen molar-refractivity contribution in [2.45, 2.75) is 46.3 Å². The van der Waals surface area contributed by atoms with Crippen molar-refractivity contribution in [3.05, 3.63) is 54.1 Å². The third-order valence-electron chi connectivity index (χ3n) is 4.18. The van der Waals surface area contributed by atoms with Gasteiger partial charge in [0, 0.05) is 5.69 Å². The van der Waals surface area contributed by atoms with Gasteiger partial charge in [0.25, 0.3) is 0 Å². The summed E-state index contributed by atoms with van der Waals surface area (Å²) in [4.78, 5) is 12.7. The van der Waals surface area contributed by atoms with Crippen LogP contribution in [0.4, 0.5) is 11.4 Å². The number of carbonyl (C=O) groups is 1. The Balaban J connectivity index is 2.19. The lowest BCUT2D eigenvalue weighted by Crippen LogP contribution is -2.45. The van der Waals surface area contributed by atoms with Gasteiger partial charge in [-0.1, -0.05) is 19.1 Å². The van der Waals surface area contributed by atoms with Gasteiger partial charge in [-0.15, -0.1) is 0 Å². The van der Waals surface area contributed by atoms with E-state index >= 15 is 0 Å². The van der Waals surface area contributed by atoms with Crippen LogP contribution >= 0.6 is 0 Å². The lowest BCUT2D eigenvalue weighted by Gasteiger charge is -2.28. The van der Waals surface area contributed by atoms with E-state index in [9.17, 15) is 13.2 Å². The Morgan fingerprint density at radius 1 is 1.04 bits per heavy atom. The molecule has 28 heavy (non-hydrogen) atoms. The molecule has 1 atom stereocenters. The maximum Gasteiger partial charge on any atom is 0.247 e. The van der Waals surface area contributed by atoms with Crippen LogP contribution in [0.2, 0.25) is 0 Å². The van der Waals surface area contributed by atoms with E-state index in [2.05, 4.69) is 5.32 Å². The predicted octanol–water partition coefficient (Wildman–Crippen LogP) is 3.83. The van der Waals surface area contributed by atoms with Crippen LogP contribution in [-0.2, 0) is 21.2 Å². The highest BCUT2D eigenvalue weighted by Crippen LogP contribution is 2.23. The van der Waals surface area contributed by atoms with Crippen LogP contribution in [0, 0.1) is 0 Å². The Hall–Kier alpha value is -2.54. The molecule has 0 aliphatic carbocycles. The summed E-state index contributed by atoms with van der Waals surface area (Å²) >= 11 is 0. The van der Waals surface area contributed by atoms with Crippen LogP contribution < -0.4 is 14.4 Å². The number of sulfonamides is 1. The van der Waals surface area contributed by atoms with Crippen LogP contribution in [0.3, 0.4) is 0 Å². The fraction of sp³-hybridized carbons (Fsp3) is 0.381. The minimum Gasteiger partial charge on any atom is -0.491 e. The normalized spacial score (nSPS) is 12.5. The van der Waals surface area contributed by atoms with E-state index in [4.69, 9.17) is 4.74 Å². The molecule has 2 rings (SSSR count). The molecule has 0 fully saturated rings. The van der Waals surface area contributed by atoms with Gasteiger partial charge >= 0.3 is 0 Å². The molecule has 7 heteroatoms. The van der Waals surface area contributed by atoms with Crippen LogP contribution in [0.25, 0.3) is 0 Å². The number of anilines is 2. The molecular weight excluding hydrogens is 376 g/mol. The van der Waals surface area contributed by atoms with Crippen molar-refractivity contribution < 1.29 is 17.9 Å². The molecule has 0 saturated carbocycles. The van der Waals surface area contributed by atoms with E-state index in [1.165, 1.54) is 0 Å². The van der Waals surface area contributed by atoms with Crippen LogP contribution in [0.1, 0.15) is 33.3 Å².